The summed E-state index contributed by atoms with van der Waals surface area (Å²) in [6, 6.07) is 10.2. The zero-order chi connectivity index (χ0) is 12.8. The fourth-order valence-corrected chi connectivity index (χ4v) is 3.25. The van der Waals surface area contributed by atoms with Gasteiger partial charge in [-0.15, -0.1) is 11.3 Å². The van der Waals surface area contributed by atoms with Crippen LogP contribution in [0.25, 0.3) is 32.4 Å². The third-order valence-electron chi connectivity index (χ3n) is 3.10. The topological polar surface area (TPSA) is 41.6 Å². The van der Waals surface area contributed by atoms with E-state index < -0.39 is 0 Å². The molecule has 0 aliphatic heterocycles. The Morgan fingerprint density at radius 3 is 3.00 bits per heavy atom. The predicted molar refractivity (Wildman–Crippen MR) is 79.7 cm³/mol. The second-order valence-electron chi connectivity index (χ2n) is 4.26. The van der Waals surface area contributed by atoms with Crippen molar-refractivity contribution >= 4 is 44.1 Å². The van der Waals surface area contributed by atoms with Crippen LogP contribution in [0.15, 0.2) is 41.9 Å². The first-order valence-corrected chi connectivity index (χ1v) is 7.05. The lowest BCUT2D eigenvalue weighted by atomic mass is 10.1. The third kappa shape index (κ3) is 1.72. The van der Waals surface area contributed by atoms with Gasteiger partial charge in [-0.05, 0) is 41.2 Å². The molecule has 4 aromatic rings. The Morgan fingerprint density at radius 1 is 1.11 bits per heavy atom. The Kier molecular flexibility index (Phi) is 2.33. The van der Waals surface area contributed by atoms with Crippen LogP contribution in [-0.2, 0) is 0 Å². The number of hydrogen-bond donors (Lipinski definition) is 1. The van der Waals surface area contributed by atoms with Crippen LogP contribution in [0.4, 0.5) is 0 Å². The molecular weight excluding hydrogens is 278 g/mol. The molecule has 4 rings (SSSR count). The number of hydrogen-bond acceptors (Lipinski definition) is 3. The van der Waals surface area contributed by atoms with Gasteiger partial charge in [0.15, 0.2) is 0 Å². The van der Waals surface area contributed by atoms with Gasteiger partial charge in [-0.2, -0.15) is 0 Å². The van der Waals surface area contributed by atoms with Crippen LogP contribution in [0, 0.1) is 0 Å². The normalized spacial score (nSPS) is 11.4. The number of rotatable bonds is 1. The first kappa shape index (κ1) is 11.0. The van der Waals surface area contributed by atoms with Crippen LogP contribution in [0.2, 0.25) is 5.28 Å². The maximum Gasteiger partial charge on any atom is 0.223 e. The van der Waals surface area contributed by atoms with E-state index in [4.69, 9.17) is 11.6 Å². The summed E-state index contributed by atoms with van der Waals surface area (Å²) in [7, 11) is 0. The molecule has 3 heterocycles. The smallest absolute Gasteiger partial charge is 0.223 e. The summed E-state index contributed by atoms with van der Waals surface area (Å²) in [5, 5.41) is 3.46. The highest BCUT2D eigenvalue weighted by Crippen LogP contribution is 2.32. The Hall–Kier alpha value is -1.91. The van der Waals surface area contributed by atoms with E-state index in [1.165, 1.54) is 0 Å². The highest BCUT2D eigenvalue weighted by atomic mass is 35.5. The van der Waals surface area contributed by atoms with Crippen LogP contribution < -0.4 is 0 Å². The quantitative estimate of drug-likeness (QED) is 0.523. The summed E-state index contributed by atoms with van der Waals surface area (Å²) >= 11 is 7.64. The van der Waals surface area contributed by atoms with E-state index >= 15 is 0 Å². The molecule has 3 aromatic heterocycles. The molecule has 0 saturated carbocycles. The molecule has 1 aromatic carbocycles. The minimum absolute atomic E-state index is 0.287. The van der Waals surface area contributed by atoms with E-state index in [9.17, 15) is 0 Å². The summed E-state index contributed by atoms with van der Waals surface area (Å²) in [6.07, 6.45) is 1.93. The molecule has 3 nitrogen and oxygen atoms in total. The molecule has 0 aliphatic rings. The Balaban J connectivity index is 2.04. The fourth-order valence-electron chi connectivity index (χ4n) is 2.23. The molecule has 0 radical (unpaired) electrons. The van der Waals surface area contributed by atoms with E-state index in [0.717, 1.165) is 32.4 Å². The molecule has 0 unspecified atom stereocenters. The minimum atomic E-state index is 0.287. The average Bonchev–Trinajstić information content (AvgIpc) is 3.04. The number of aromatic amines is 1. The van der Waals surface area contributed by atoms with Gasteiger partial charge < -0.3 is 4.98 Å². The lowest BCUT2D eigenvalue weighted by molar-refractivity contribution is 1.23. The molecule has 0 amide bonds. The van der Waals surface area contributed by atoms with Gasteiger partial charge in [-0.1, -0.05) is 6.07 Å². The highest BCUT2D eigenvalue weighted by Gasteiger charge is 2.10. The van der Waals surface area contributed by atoms with Crippen LogP contribution in [0.5, 0.6) is 0 Å². The van der Waals surface area contributed by atoms with Gasteiger partial charge in [0.1, 0.15) is 0 Å². The minimum Gasteiger partial charge on any atom is -0.361 e. The van der Waals surface area contributed by atoms with E-state index in [1.807, 2.05) is 23.7 Å². The monoisotopic (exact) mass is 285 g/mol. The van der Waals surface area contributed by atoms with Gasteiger partial charge >= 0.3 is 0 Å². The molecule has 0 bridgehead atoms. The standard InChI is InChI=1S/C14H8ClN3S/c15-14-17-11-4-6-19-13(11)12(18-14)9-1-2-10-8(7-9)3-5-16-10/h1-7,16H. The van der Waals surface area contributed by atoms with Gasteiger partial charge in [0, 0.05) is 22.7 Å². The van der Waals surface area contributed by atoms with Crippen molar-refractivity contribution in [3.63, 3.8) is 0 Å². The highest BCUT2D eigenvalue weighted by molar-refractivity contribution is 7.17. The molecule has 1 N–H and O–H groups in total. The predicted octanol–water partition coefficient (Wildman–Crippen LogP) is 4.49. The van der Waals surface area contributed by atoms with Crippen LogP contribution in [0.3, 0.4) is 0 Å². The average molecular weight is 286 g/mol. The van der Waals surface area contributed by atoms with Crippen LogP contribution in [0.1, 0.15) is 0 Å². The van der Waals surface area contributed by atoms with E-state index in [-0.39, 0.29) is 5.28 Å². The largest absolute Gasteiger partial charge is 0.361 e. The van der Waals surface area contributed by atoms with Crippen molar-refractivity contribution in [3.05, 3.63) is 47.2 Å². The SMILES string of the molecule is Clc1nc(-c2ccc3[nH]ccc3c2)c2sccc2n1. The van der Waals surface area contributed by atoms with Gasteiger partial charge in [0.05, 0.1) is 15.9 Å². The lowest BCUT2D eigenvalue weighted by Crippen LogP contribution is -1.88. The Labute approximate surface area is 117 Å². The summed E-state index contributed by atoms with van der Waals surface area (Å²) in [4.78, 5) is 11.8. The summed E-state index contributed by atoms with van der Waals surface area (Å²) in [6.45, 7) is 0. The number of nitrogens with zero attached hydrogens (tertiary/aromatic N) is 2. The molecule has 0 saturated heterocycles. The number of thiophene rings is 1. The number of halogens is 1. The molecule has 0 atom stereocenters. The van der Waals surface area contributed by atoms with Gasteiger partial charge in [-0.3, -0.25) is 0 Å². The summed E-state index contributed by atoms with van der Waals surface area (Å²) in [5.41, 5.74) is 3.97. The maximum atomic E-state index is 6.00. The fraction of sp³-hybridized carbons (Fsp3) is 0. The summed E-state index contributed by atoms with van der Waals surface area (Å²) in [5.74, 6) is 0. The molecule has 0 fully saturated rings. The van der Waals surface area contributed by atoms with Crippen molar-refractivity contribution in [1.29, 1.82) is 0 Å². The van der Waals surface area contributed by atoms with Crippen molar-refractivity contribution < 1.29 is 0 Å². The van der Waals surface area contributed by atoms with Crippen LogP contribution >= 0.6 is 22.9 Å². The molecule has 19 heavy (non-hydrogen) atoms. The molecule has 5 heteroatoms. The first-order chi connectivity index (χ1) is 9.31. The first-order valence-electron chi connectivity index (χ1n) is 5.79. The number of aromatic nitrogens is 3. The molecule has 0 aliphatic carbocycles. The third-order valence-corrected chi connectivity index (χ3v) is 4.18. The lowest BCUT2D eigenvalue weighted by Gasteiger charge is -2.03. The molecule has 92 valence electrons. The van der Waals surface area contributed by atoms with Crippen molar-refractivity contribution in [2.24, 2.45) is 0 Å². The van der Waals surface area contributed by atoms with Crippen molar-refractivity contribution in [2.75, 3.05) is 0 Å². The number of fused-ring (bicyclic) bond motifs is 2. The van der Waals surface area contributed by atoms with E-state index in [2.05, 4.69) is 33.2 Å². The Bertz CT molecular complexity index is 894. The zero-order valence-electron chi connectivity index (χ0n) is 9.72. The molecular formula is C14H8ClN3S. The molecule has 0 spiro atoms. The van der Waals surface area contributed by atoms with Crippen molar-refractivity contribution in [3.8, 4) is 11.3 Å². The maximum absolute atomic E-state index is 6.00. The van der Waals surface area contributed by atoms with E-state index in [0.29, 0.717) is 0 Å². The summed E-state index contributed by atoms with van der Waals surface area (Å²) < 4.78 is 1.07. The zero-order valence-corrected chi connectivity index (χ0v) is 11.3. The van der Waals surface area contributed by atoms with Gasteiger partial charge in [0.2, 0.25) is 5.28 Å². The van der Waals surface area contributed by atoms with E-state index in [1.54, 1.807) is 11.3 Å². The van der Waals surface area contributed by atoms with Crippen molar-refractivity contribution in [1.82, 2.24) is 15.0 Å². The number of H-pyrrole nitrogens is 1. The second-order valence-corrected chi connectivity index (χ2v) is 5.51. The number of benzene rings is 1. The Morgan fingerprint density at radius 2 is 2.05 bits per heavy atom. The van der Waals surface area contributed by atoms with Gasteiger partial charge in [-0.25, -0.2) is 9.97 Å². The van der Waals surface area contributed by atoms with Gasteiger partial charge in [0.25, 0.3) is 0 Å². The number of nitrogens with one attached hydrogen (secondary N) is 1. The van der Waals surface area contributed by atoms with Crippen molar-refractivity contribution in [2.45, 2.75) is 0 Å². The van der Waals surface area contributed by atoms with Crippen LogP contribution in [-0.4, -0.2) is 15.0 Å². The second kappa shape index (κ2) is 4.05.